The Labute approximate surface area is 131 Å². The lowest BCUT2D eigenvalue weighted by molar-refractivity contribution is 0.102. The topological polar surface area (TPSA) is 91.3 Å². The highest BCUT2D eigenvalue weighted by Crippen LogP contribution is 2.19. The number of benzene rings is 2. The number of nitrogens with zero attached hydrogens (tertiary/aromatic N) is 1. The number of rotatable bonds is 3. The molecule has 0 saturated carbocycles. The van der Waals surface area contributed by atoms with Crippen molar-refractivity contribution in [3.63, 3.8) is 0 Å². The standard InChI is InChI=1S/C17H13N3O3/c21-16(14-5-1-3-11-4-2-10-18-15(11)14)19-12-6-8-13(9-7-12)20-17(22)23/h1-10,20H,(H,19,21)(H,22,23). The number of nitrogens with one attached hydrogen (secondary N) is 2. The molecule has 114 valence electrons. The molecule has 3 aromatic rings. The zero-order chi connectivity index (χ0) is 16.2. The van der Waals surface area contributed by atoms with E-state index in [1.807, 2.05) is 18.2 Å². The number of carboxylic acid groups (broad SMARTS) is 1. The second-order valence-corrected chi connectivity index (χ2v) is 4.84. The van der Waals surface area contributed by atoms with Gasteiger partial charge in [-0.2, -0.15) is 0 Å². The van der Waals surface area contributed by atoms with Crippen molar-refractivity contribution in [3.05, 3.63) is 66.4 Å². The van der Waals surface area contributed by atoms with E-state index in [-0.39, 0.29) is 5.91 Å². The van der Waals surface area contributed by atoms with Crippen LogP contribution in [0.1, 0.15) is 10.4 Å². The van der Waals surface area contributed by atoms with E-state index < -0.39 is 6.09 Å². The Morgan fingerprint density at radius 3 is 2.22 bits per heavy atom. The summed E-state index contributed by atoms with van der Waals surface area (Å²) in [7, 11) is 0. The Morgan fingerprint density at radius 1 is 0.870 bits per heavy atom. The number of hydrogen-bond acceptors (Lipinski definition) is 3. The van der Waals surface area contributed by atoms with Crippen molar-refractivity contribution in [2.24, 2.45) is 0 Å². The minimum absolute atomic E-state index is 0.270. The summed E-state index contributed by atoms with van der Waals surface area (Å²) in [6.07, 6.45) is 0.509. The molecule has 0 saturated heterocycles. The molecule has 3 rings (SSSR count). The highest BCUT2D eigenvalue weighted by Gasteiger charge is 2.11. The quantitative estimate of drug-likeness (QED) is 0.689. The molecule has 3 N–H and O–H groups in total. The van der Waals surface area contributed by atoms with Gasteiger partial charge in [-0.15, -0.1) is 0 Å². The van der Waals surface area contributed by atoms with Gasteiger partial charge in [-0.1, -0.05) is 18.2 Å². The number of hydrogen-bond donors (Lipinski definition) is 3. The predicted octanol–water partition coefficient (Wildman–Crippen LogP) is 3.58. The zero-order valence-corrected chi connectivity index (χ0v) is 12.0. The van der Waals surface area contributed by atoms with Gasteiger partial charge in [0.25, 0.3) is 5.91 Å². The lowest BCUT2D eigenvalue weighted by Gasteiger charge is -2.08. The minimum atomic E-state index is -1.14. The number of carbonyl (C=O) groups is 2. The maximum absolute atomic E-state index is 12.4. The summed E-state index contributed by atoms with van der Waals surface area (Å²) in [6.45, 7) is 0. The van der Waals surface area contributed by atoms with E-state index in [9.17, 15) is 9.59 Å². The molecule has 1 aromatic heterocycles. The molecule has 0 bridgehead atoms. The van der Waals surface area contributed by atoms with E-state index >= 15 is 0 Å². The van der Waals surface area contributed by atoms with Crippen LogP contribution in [0.5, 0.6) is 0 Å². The van der Waals surface area contributed by atoms with Gasteiger partial charge in [0.15, 0.2) is 0 Å². The fourth-order valence-electron chi connectivity index (χ4n) is 2.25. The maximum Gasteiger partial charge on any atom is 0.409 e. The van der Waals surface area contributed by atoms with Crippen molar-refractivity contribution in [2.45, 2.75) is 0 Å². The van der Waals surface area contributed by atoms with E-state index in [0.29, 0.717) is 22.5 Å². The predicted molar refractivity (Wildman–Crippen MR) is 87.8 cm³/mol. The van der Waals surface area contributed by atoms with Crippen molar-refractivity contribution in [1.29, 1.82) is 0 Å². The van der Waals surface area contributed by atoms with Crippen LogP contribution in [0.4, 0.5) is 16.2 Å². The molecule has 1 heterocycles. The molecule has 0 atom stereocenters. The Balaban J connectivity index is 1.82. The number of para-hydroxylation sites is 1. The second kappa shape index (κ2) is 6.15. The molecule has 6 nitrogen and oxygen atoms in total. The van der Waals surface area contributed by atoms with E-state index in [1.165, 1.54) is 0 Å². The van der Waals surface area contributed by atoms with Gasteiger partial charge in [0.1, 0.15) is 0 Å². The summed E-state index contributed by atoms with van der Waals surface area (Å²) >= 11 is 0. The SMILES string of the molecule is O=C(O)Nc1ccc(NC(=O)c2cccc3cccnc23)cc1. The normalized spacial score (nSPS) is 10.3. The molecule has 0 radical (unpaired) electrons. The Bertz CT molecular complexity index is 870. The molecule has 0 fully saturated rings. The van der Waals surface area contributed by atoms with Crippen LogP contribution in [0.3, 0.4) is 0 Å². The van der Waals surface area contributed by atoms with Gasteiger partial charge in [-0.05, 0) is 36.4 Å². The first-order valence-corrected chi connectivity index (χ1v) is 6.88. The zero-order valence-electron chi connectivity index (χ0n) is 12.0. The van der Waals surface area contributed by atoms with E-state index in [4.69, 9.17) is 5.11 Å². The van der Waals surface area contributed by atoms with Crippen LogP contribution in [0.2, 0.25) is 0 Å². The molecule has 6 heteroatoms. The number of carbonyl (C=O) groups excluding carboxylic acids is 1. The maximum atomic E-state index is 12.4. The van der Waals surface area contributed by atoms with Crippen molar-refractivity contribution < 1.29 is 14.7 Å². The number of fused-ring (bicyclic) bond motifs is 1. The van der Waals surface area contributed by atoms with Crippen LogP contribution in [0, 0.1) is 0 Å². The molecule has 0 spiro atoms. The number of amides is 2. The minimum Gasteiger partial charge on any atom is -0.465 e. The summed E-state index contributed by atoms with van der Waals surface area (Å²) in [4.78, 5) is 27.2. The first kappa shape index (κ1) is 14.5. The number of pyridine rings is 1. The van der Waals surface area contributed by atoms with Crippen molar-refractivity contribution in [3.8, 4) is 0 Å². The average Bonchev–Trinajstić information content (AvgIpc) is 2.55. The third-order valence-corrected chi connectivity index (χ3v) is 3.27. The third kappa shape index (κ3) is 3.26. The lowest BCUT2D eigenvalue weighted by atomic mass is 10.1. The van der Waals surface area contributed by atoms with Gasteiger partial charge in [0, 0.05) is 23.0 Å². The first-order valence-electron chi connectivity index (χ1n) is 6.88. The van der Waals surface area contributed by atoms with Crippen molar-refractivity contribution in [1.82, 2.24) is 4.98 Å². The van der Waals surface area contributed by atoms with E-state index in [2.05, 4.69) is 15.6 Å². The van der Waals surface area contributed by atoms with Gasteiger partial charge in [-0.3, -0.25) is 15.1 Å². The van der Waals surface area contributed by atoms with Gasteiger partial charge in [0.05, 0.1) is 11.1 Å². The highest BCUT2D eigenvalue weighted by molar-refractivity contribution is 6.11. The summed E-state index contributed by atoms with van der Waals surface area (Å²) in [5.74, 6) is -0.270. The summed E-state index contributed by atoms with van der Waals surface area (Å²) < 4.78 is 0. The van der Waals surface area contributed by atoms with Crippen molar-refractivity contribution >= 4 is 34.3 Å². The molecule has 0 aliphatic carbocycles. The monoisotopic (exact) mass is 307 g/mol. The molecule has 0 aliphatic heterocycles. The Morgan fingerprint density at radius 2 is 1.52 bits per heavy atom. The van der Waals surface area contributed by atoms with Crippen LogP contribution >= 0.6 is 0 Å². The fourth-order valence-corrected chi connectivity index (χ4v) is 2.25. The van der Waals surface area contributed by atoms with Crippen LogP contribution < -0.4 is 10.6 Å². The van der Waals surface area contributed by atoms with Gasteiger partial charge in [-0.25, -0.2) is 4.79 Å². The summed E-state index contributed by atoms with van der Waals surface area (Å²) in [6, 6.07) is 15.5. The van der Waals surface area contributed by atoms with Crippen molar-refractivity contribution in [2.75, 3.05) is 10.6 Å². The largest absolute Gasteiger partial charge is 0.465 e. The lowest BCUT2D eigenvalue weighted by Crippen LogP contribution is -2.13. The van der Waals surface area contributed by atoms with Crippen LogP contribution in [0.25, 0.3) is 10.9 Å². The van der Waals surface area contributed by atoms with Crippen LogP contribution in [-0.4, -0.2) is 22.1 Å². The molecular weight excluding hydrogens is 294 g/mol. The van der Waals surface area contributed by atoms with Crippen LogP contribution in [-0.2, 0) is 0 Å². The average molecular weight is 307 g/mol. The van der Waals surface area contributed by atoms with E-state index in [0.717, 1.165) is 5.39 Å². The smallest absolute Gasteiger partial charge is 0.409 e. The van der Waals surface area contributed by atoms with Gasteiger partial charge >= 0.3 is 6.09 Å². The third-order valence-electron chi connectivity index (χ3n) is 3.27. The fraction of sp³-hybridized carbons (Fsp3) is 0. The first-order chi connectivity index (χ1) is 11.1. The molecule has 2 amide bonds. The molecule has 2 aromatic carbocycles. The molecule has 23 heavy (non-hydrogen) atoms. The molecular formula is C17H13N3O3. The number of aromatic nitrogens is 1. The van der Waals surface area contributed by atoms with Gasteiger partial charge in [0.2, 0.25) is 0 Å². The second-order valence-electron chi connectivity index (χ2n) is 4.84. The van der Waals surface area contributed by atoms with E-state index in [1.54, 1.807) is 42.6 Å². The highest BCUT2D eigenvalue weighted by atomic mass is 16.4. The summed E-state index contributed by atoms with van der Waals surface area (Å²) in [5, 5.41) is 14.5. The summed E-state index contributed by atoms with van der Waals surface area (Å²) in [5.41, 5.74) is 2.12. The van der Waals surface area contributed by atoms with Crippen LogP contribution in [0.15, 0.2) is 60.8 Å². The van der Waals surface area contributed by atoms with Gasteiger partial charge < -0.3 is 10.4 Å². The Kier molecular flexibility index (Phi) is 3.88. The molecule has 0 aliphatic rings. The molecule has 0 unspecified atom stereocenters. The Hall–Kier alpha value is -3.41. The number of anilines is 2.